The highest BCUT2D eigenvalue weighted by molar-refractivity contribution is 5.81. The lowest BCUT2D eigenvalue weighted by molar-refractivity contribution is -0.143. The van der Waals surface area contributed by atoms with Crippen LogP contribution in [-0.2, 0) is 4.79 Å². The van der Waals surface area contributed by atoms with Crippen LogP contribution in [0, 0.1) is 11.8 Å². The monoisotopic (exact) mass is 208 g/mol. The van der Waals surface area contributed by atoms with E-state index in [4.69, 9.17) is 0 Å². The average molecular weight is 208 g/mol. The molecule has 2 N–H and O–H groups in total. The molecule has 14 heavy (non-hydrogen) atoms. The summed E-state index contributed by atoms with van der Waals surface area (Å²) in [4.78, 5) is 11.3. The van der Waals surface area contributed by atoms with Gasteiger partial charge in [0.15, 0.2) is 0 Å². The number of amides is 1. The fourth-order valence-corrected chi connectivity index (χ4v) is 2.18. The number of carbonyl (C=O) groups excluding carboxylic acids is 1. The Kier molecular flexibility index (Phi) is 2.17. The van der Waals surface area contributed by atoms with Crippen LogP contribution in [0.4, 0.5) is 13.2 Å². The van der Waals surface area contributed by atoms with Gasteiger partial charge in [0.25, 0.3) is 0 Å². The third-order valence-electron chi connectivity index (χ3n) is 2.91. The lowest BCUT2D eigenvalue weighted by atomic mass is 9.73. The minimum Gasteiger partial charge on any atom is -0.347 e. The summed E-state index contributed by atoms with van der Waals surface area (Å²) < 4.78 is 35.3. The van der Waals surface area contributed by atoms with E-state index in [0.29, 0.717) is 0 Å². The van der Waals surface area contributed by atoms with Crippen LogP contribution in [-0.4, -0.2) is 31.2 Å². The SMILES string of the molecule is O=C(NCC(F)(F)F)C1C2CNC1C2. The lowest BCUT2D eigenvalue weighted by Gasteiger charge is -2.33. The summed E-state index contributed by atoms with van der Waals surface area (Å²) in [7, 11) is 0. The molecule has 80 valence electrons. The van der Waals surface area contributed by atoms with Gasteiger partial charge in [-0.3, -0.25) is 4.79 Å². The maximum Gasteiger partial charge on any atom is 0.405 e. The fraction of sp³-hybridized carbons (Fsp3) is 0.875. The highest BCUT2D eigenvalue weighted by atomic mass is 19.4. The van der Waals surface area contributed by atoms with E-state index in [-0.39, 0.29) is 17.9 Å². The van der Waals surface area contributed by atoms with Crippen molar-refractivity contribution in [2.24, 2.45) is 11.8 Å². The van der Waals surface area contributed by atoms with Crippen LogP contribution >= 0.6 is 0 Å². The van der Waals surface area contributed by atoms with Crippen molar-refractivity contribution >= 4 is 5.91 Å². The van der Waals surface area contributed by atoms with E-state index in [1.165, 1.54) is 0 Å². The Balaban J connectivity index is 1.80. The highest BCUT2D eigenvalue weighted by Gasteiger charge is 2.50. The first kappa shape index (κ1) is 9.76. The molecule has 0 aromatic heterocycles. The summed E-state index contributed by atoms with van der Waals surface area (Å²) in [5.74, 6) is -0.459. The van der Waals surface area contributed by atoms with Gasteiger partial charge < -0.3 is 10.6 Å². The molecular formula is C8H11F3N2O. The third-order valence-corrected chi connectivity index (χ3v) is 2.91. The molecule has 3 fully saturated rings. The second-order valence-electron chi connectivity index (χ2n) is 3.87. The van der Waals surface area contributed by atoms with Crippen LogP contribution in [0.3, 0.4) is 0 Å². The van der Waals surface area contributed by atoms with E-state index in [2.05, 4.69) is 5.32 Å². The van der Waals surface area contributed by atoms with Gasteiger partial charge in [-0.15, -0.1) is 0 Å². The van der Waals surface area contributed by atoms with Crippen molar-refractivity contribution in [3.05, 3.63) is 0 Å². The van der Waals surface area contributed by atoms with E-state index in [9.17, 15) is 18.0 Å². The number of halogens is 3. The number of alkyl halides is 3. The van der Waals surface area contributed by atoms with Crippen molar-refractivity contribution in [1.82, 2.24) is 10.6 Å². The van der Waals surface area contributed by atoms with Gasteiger partial charge in [0.2, 0.25) is 5.91 Å². The standard InChI is InChI=1S/C8H11F3N2O/c9-8(10,11)3-13-7(14)6-4-1-5(6)12-2-4/h4-6,12H,1-3H2,(H,13,14). The van der Waals surface area contributed by atoms with Crippen molar-refractivity contribution in [3.8, 4) is 0 Å². The molecule has 3 unspecified atom stereocenters. The Labute approximate surface area is 79.0 Å². The van der Waals surface area contributed by atoms with Gasteiger partial charge >= 0.3 is 6.18 Å². The van der Waals surface area contributed by atoms with Gasteiger partial charge in [0.05, 0.1) is 5.92 Å². The average Bonchev–Trinajstić information content (AvgIpc) is 2.58. The van der Waals surface area contributed by atoms with Gasteiger partial charge in [0, 0.05) is 6.04 Å². The third kappa shape index (κ3) is 1.70. The summed E-state index contributed by atoms with van der Waals surface area (Å²) in [5.41, 5.74) is 0. The van der Waals surface area contributed by atoms with Crippen LogP contribution in [0.1, 0.15) is 6.42 Å². The molecule has 3 rings (SSSR count). The Bertz CT molecular complexity index is 239. The molecule has 6 heteroatoms. The normalized spacial score (nSPS) is 35.2. The Morgan fingerprint density at radius 3 is 2.64 bits per heavy atom. The number of rotatable bonds is 2. The molecule has 1 saturated carbocycles. The Morgan fingerprint density at radius 2 is 2.21 bits per heavy atom. The Hall–Kier alpha value is -0.780. The molecule has 2 saturated heterocycles. The Morgan fingerprint density at radius 1 is 1.50 bits per heavy atom. The maximum absolute atomic E-state index is 11.8. The van der Waals surface area contributed by atoms with Crippen LogP contribution in [0.5, 0.6) is 0 Å². The maximum atomic E-state index is 11.8. The zero-order chi connectivity index (χ0) is 10.3. The molecule has 2 aliphatic heterocycles. The van der Waals surface area contributed by atoms with Crippen LogP contribution in [0.25, 0.3) is 0 Å². The minimum absolute atomic E-state index is 0.105. The van der Waals surface area contributed by atoms with E-state index in [1.54, 1.807) is 0 Å². The molecular weight excluding hydrogens is 197 g/mol. The van der Waals surface area contributed by atoms with Crippen LogP contribution in [0.15, 0.2) is 0 Å². The van der Waals surface area contributed by atoms with Gasteiger partial charge in [0.1, 0.15) is 6.54 Å². The predicted octanol–water partition coefficient (Wildman–Crippen LogP) is 0.273. The van der Waals surface area contributed by atoms with E-state index >= 15 is 0 Å². The quantitative estimate of drug-likeness (QED) is 0.684. The number of carbonyl (C=O) groups is 1. The molecule has 0 aromatic carbocycles. The van der Waals surface area contributed by atoms with E-state index < -0.39 is 18.6 Å². The summed E-state index contributed by atoms with van der Waals surface area (Å²) >= 11 is 0. The van der Waals surface area contributed by atoms with Gasteiger partial charge in [-0.05, 0) is 18.9 Å². The van der Waals surface area contributed by atoms with Crippen molar-refractivity contribution in [1.29, 1.82) is 0 Å². The number of hydrogen-bond acceptors (Lipinski definition) is 2. The van der Waals surface area contributed by atoms with Crippen molar-refractivity contribution in [2.75, 3.05) is 13.1 Å². The molecule has 0 spiro atoms. The number of hydrogen-bond donors (Lipinski definition) is 2. The first-order valence-electron chi connectivity index (χ1n) is 4.55. The van der Waals surface area contributed by atoms with Gasteiger partial charge in [-0.25, -0.2) is 0 Å². The van der Waals surface area contributed by atoms with Crippen LogP contribution in [0.2, 0.25) is 0 Å². The first-order valence-corrected chi connectivity index (χ1v) is 4.55. The molecule has 0 aromatic rings. The molecule has 3 nitrogen and oxygen atoms in total. The highest BCUT2D eigenvalue weighted by Crippen LogP contribution is 2.40. The molecule has 2 bridgehead atoms. The molecule has 3 aliphatic rings. The topological polar surface area (TPSA) is 41.1 Å². The lowest BCUT2D eigenvalue weighted by Crippen LogP contribution is -2.49. The zero-order valence-electron chi connectivity index (χ0n) is 7.40. The summed E-state index contributed by atoms with van der Waals surface area (Å²) in [5, 5.41) is 5.00. The van der Waals surface area contributed by atoms with E-state index in [1.807, 2.05) is 5.32 Å². The van der Waals surface area contributed by atoms with Crippen molar-refractivity contribution in [2.45, 2.75) is 18.6 Å². The number of nitrogens with one attached hydrogen (secondary N) is 2. The minimum atomic E-state index is -4.31. The second kappa shape index (κ2) is 3.12. The zero-order valence-corrected chi connectivity index (χ0v) is 7.40. The first-order chi connectivity index (χ1) is 6.47. The smallest absolute Gasteiger partial charge is 0.347 e. The van der Waals surface area contributed by atoms with Crippen LogP contribution < -0.4 is 10.6 Å². The van der Waals surface area contributed by atoms with Crippen molar-refractivity contribution < 1.29 is 18.0 Å². The number of fused-ring (bicyclic) bond motifs is 1. The van der Waals surface area contributed by atoms with Gasteiger partial charge in [-0.1, -0.05) is 0 Å². The fourth-order valence-electron chi connectivity index (χ4n) is 2.18. The van der Waals surface area contributed by atoms with Crippen molar-refractivity contribution in [3.63, 3.8) is 0 Å². The summed E-state index contributed by atoms with van der Waals surface area (Å²) in [6, 6.07) is 0.105. The predicted molar refractivity (Wildman–Crippen MR) is 42.5 cm³/mol. The summed E-state index contributed by atoms with van der Waals surface area (Å²) in [6.07, 6.45) is -3.39. The van der Waals surface area contributed by atoms with Gasteiger partial charge in [-0.2, -0.15) is 13.2 Å². The molecule has 2 heterocycles. The molecule has 3 atom stereocenters. The second-order valence-corrected chi connectivity index (χ2v) is 3.87. The summed E-state index contributed by atoms with van der Waals surface area (Å²) in [6.45, 7) is -0.462. The van der Waals surface area contributed by atoms with E-state index in [0.717, 1.165) is 13.0 Å². The molecule has 0 radical (unpaired) electrons. The largest absolute Gasteiger partial charge is 0.405 e. The molecule has 1 aliphatic carbocycles. The molecule has 1 amide bonds.